The zero-order valence-corrected chi connectivity index (χ0v) is 17.1. The van der Waals surface area contributed by atoms with Crippen LogP contribution in [0.4, 0.5) is 10.3 Å². The van der Waals surface area contributed by atoms with Gasteiger partial charge in [-0.15, -0.1) is 0 Å². The van der Waals surface area contributed by atoms with Crippen LogP contribution in [0.25, 0.3) is 11.5 Å². The second kappa shape index (κ2) is 8.34. The van der Waals surface area contributed by atoms with E-state index in [1.54, 1.807) is 35.2 Å². The van der Waals surface area contributed by atoms with Crippen LogP contribution in [0.3, 0.4) is 0 Å². The van der Waals surface area contributed by atoms with Gasteiger partial charge < -0.3 is 14.2 Å². The average Bonchev–Trinajstić information content (AvgIpc) is 3.18. The summed E-state index contributed by atoms with van der Waals surface area (Å²) in [4.78, 5) is 20.4. The number of anilines is 1. The van der Waals surface area contributed by atoms with E-state index in [9.17, 15) is 14.4 Å². The van der Waals surface area contributed by atoms with Crippen LogP contribution in [0.15, 0.2) is 46.9 Å². The molecule has 0 bridgehead atoms. The molecule has 1 aromatic heterocycles. The lowest BCUT2D eigenvalue weighted by atomic mass is 10.1. The van der Waals surface area contributed by atoms with Crippen LogP contribution in [-0.2, 0) is 0 Å². The Labute approximate surface area is 182 Å². The topological polar surface area (TPSA) is 73.4 Å². The number of aromatic nitrogens is 1. The molecule has 2 aromatic carbocycles. The molecule has 4 rings (SSSR count). The zero-order chi connectivity index (χ0) is 21.3. The quantitative estimate of drug-likeness (QED) is 0.588. The lowest BCUT2D eigenvalue weighted by Gasteiger charge is -2.34. The highest BCUT2D eigenvalue weighted by atomic mass is 35.5. The zero-order valence-electron chi connectivity index (χ0n) is 15.6. The first-order valence-corrected chi connectivity index (χ1v) is 9.88. The Hall–Kier alpha value is -3.08. The summed E-state index contributed by atoms with van der Waals surface area (Å²) in [6.45, 7) is 1.66. The van der Waals surface area contributed by atoms with Crippen LogP contribution in [0.5, 0.6) is 0 Å². The summed E-state index contributed by atoms with van der Waals surface area (Å²) >= 11 is 12.0. The largest absolute Gasteiger partial charge is 0.419 e. The van der Waals surface area contributed by atoms with Crippen molar-refractivity contribution in [2.45, 2.75) is 0 Å². The van der Waals surface area contributed by atoms with E-state index in [-0.39, 0.29) is 28.9 Å². The van der Waals surface area contributed by atoms with Crippen LogP contribution in [-0.4, -0.2) is 42.0 Å². The molecule has 1 aliphatic heterocycles. The van der Waals surface area contributed by atoms with Gasteiger partial charge in [-0.1, -0.05) is 35.3 Å². The minimum atomic E-state index is -0.481. The maximum absolute atomic E-state index is 14.1. The van der Waals surface area contributed by atoms with E-state index in [0.29, 0.717) is 41.8 Å². The summed E-state index contributed by atoms with van der Waals surface area (Å²) in [7, 11) is 0. The van der Waals surface area contributed by atoms with Gasteiger partial charge in [0.2, 0.25) is 17.5 Å². The van der Waals surface area contributed by atoms with Crippen LogP contribution in [0, 0.1) is 17.1 Å². The smallest absolute Gasteiger partial charge is 0.255 e. The third kappa shape index (κ3) is 3.84. The minimum absolute atomic E-state index is 0.0473. The fourth-order valence-corrected chi connectivity index (χ4v) is 3.78. The van der Waals surface area contributed by atoms with Gasteiger partial charge in [-0.3, -0.25) is 4.79 Å². The number of piperazine rings is 1. The molecule has 0 radical (unpaired) electrons. The van der Waals surface area contributed by atoms with Crippen molar-refractivity contribution in [2.24, 2.45) is 0 Å². The third-order valence-corrected chi connectivity index (χ3v) is 5.38. The highest BCUT2D eigenvalue weighted by molar-refractivity contribution is 6.36. The van der Waals surface area contributed by atoms with E-state index < -0.39 is 5.82 Å². The average molecular weight is 445 g/mol. The highest BCUT2D eigenvalue weighted by Gasteiger charge is 2.28. The summed E-state index contributed by atoms with van der Waals surface area (Å²) in [6, 6.07) is 12.8. The fourth-order valence-electron chi connectivity index (χ4n) is 3.29. The van der Waals surface area contributed by atoms with Crippen molar-refractivity contribution in [2.75, 3.05) is 31.1 Å². The molecular formula is C21H15Cl2FN4O2. The molecule has 2 heterocycles. The maximum atomic E-state index is 14.1. The number of nitrogens with zero attached hydrogens (tertiary/aromatic N) is 4. The monoisotopic (exact) mass is 444 g/mol. The number of benzene rings is 2. The SMILES string of the molecule is N#Cc1nc(-c2ccccc2F)oc1N1CCN(C(=O)c2ccc(Cl)cc2Cl)CC1. The van der Waals surface area contributed by atoms with E-state index in [1.165, 1.54) is 12.1 Å². The van der Waals surface area contributed by atoms with Crippen molar-refractivity contribution in [3.05, 3.63) is 69.6 Å². The molecular weight excluding hydrogens is 430 g/mol. The van der Waals surface area contributed by atoms with Crippen LogP contribution in [0.2, 0.25) is 10.0 Å². The number of halogens is 3. The number of hydrogen-bond acceptors (Lipinski definition) is 5. The maximum Gasteiger partial charge on any atom is 0.255 e. The number of oxazole rings is 1. The summed E-state index contributed by atoms with van der Waals surface area (Å²) < 4.78 is 19.8. The van der Waals surface area contributed by atoms with Crippen molar-refractivity contribution < 1.29 is 13.6 Å². The summed E-state index contributed by atoms with van der Waals surface area (Å²) in [5.74, 6) is -0.357. The molecule has 0 aliphatic carbocycles. The predicted molar refractivity (Wildman–Crippen MR) is 111 cm³/mol. The molecule has 6 nitrogen and oxygen atoms in total. The molecule has 0 N–H and O–H groups in total. The molecule has 152 valence electrons. The number of carbonyl (C=O) groups is 1. The lowest BCUT2D eigenvalue weighted by molar-refractivity contribution is 0.0745. The van der Waals surface area contributed by atoms with E-state index in [0.717, 1.165) is 0 Å². The van der Waals surface area contributed by atoms with Crippen molar-refractivity contribution in [1.29, 1.82) is 5.26 Å². The molecule has 1 saturated heterocycles. The fraction of sp³-hybridized carbons (Fsp3) is 0.190. The molecule has 3 aromatic rings. The molecule has 1 aliphatic rings. The predicted octanol–water partition coefficient (Wildman–Crippen LogP) is 4.62. The minimum Gasteiger partial charge on any atom is -0.419 e. The first-order chi connectivity index (χ1) is 14.5. The first-order valence-electron chi connectivity index (χ1n) is 9.13. The van der Waals surface area contributed by atoms with Crippen LogP contribution >= 0.6 is 23.2 Å². The number of carbonyl (C=O) groups excluding carboxylic acids is 1. The molecule has 0 unspecified atom stereocenters. The van der Waals surface area contributed by atoms with E-state index in [2.05, 4.69) is 4.98 Å². The summed E-state index contributed by atoms with van der Waals surface area (Å²) in [5.41, 5.74) is 0.647. The van der Waals surface area contributed by atoms with Gasteiger partial charge in [-0.25, -0.2) is 4.39 Å². The highest BCUT2D eigenvalue weighted by Crippen LogP contribution is 2.30. The standard InChI is InChI=1S/C21H15Cl2FN4O2/c22-13-5-6-14(16(23)11-13)20(29)27-7-9-28(10-8-27)21-18(12-25)26-19(30-21)15-3-1-2-4-17(15)24/h1-6,11H,7-10H2. The van der Waals surface area contributed by atoms with E-state index in [1.807, 2.05) is 11.0 Å². The van der Waals surface area contributed by atoms with Crippen molar-refractivity contribution in [3.63, 3.8) is 0 Å². The van der Waals surface area contributed by atoms with Crippen molar-refractivity contribution in [1.82, 2.24) is 9.88 Å². The Morgan fingerprint density at radius 3 is 2.53 bits per heavy atom. The molecule has 0 atom stereocenters. The van der Waals surface area contributed by atoms with Crippen molar-refractivity contribution in [3.8, 4) is 17.5 Å². The second-order valence-electron chi connectivity index (χ2n) is 6.67. The Kier molecular flexibility index (Phi) is 5.62. The van der Waals surface area contributed by atoms with Gasteiger partial charge in [-0.2, -0.15) is 10.2 Å². The third-order valence-electron chi connectivity index (χ3n) is 4.84. The van der Waals surface area contributed by atoms with Crippen molar-refractivity contribution >= 4 is 35.0 Å². The van der Waals surface area contributed by atoms with E-state index >= 15 is 0 Å². The normalized spacial score (nSPS) is 13.9. The molecule has 1 fully saturated rings. The Bertz CT molecular complexity index is 1150. The Morgan fingerprint density at radius 2 is 1.87 bits per heavy atom. The molecule has 9 heteroatoms. The summed E-state index contributed by atoms with van der Waals surface area (Å²) in [5, 5.41) is 10.2. The number of hydrogen-bond donors (Lipinski definition) is 0. The molecule has 0 saturated carbocycles. The van der Waals surface area contributed by atoms with Gasteiger partial charge in [-0.05, 0) is 30.3 Å². The number of amides is 1. The van der Waals surface area contributed by atoms with Gasteiger partial charge in [0.25, 0.3) is 5.91 Å². The number of nitriles is 1. The lowest BCUT2D eigenvalue weighted by Crippen LogP contribution is -2.49. The van der Waals surface area contributed by atoms with E-state index in [4.69, 9.17) is 27.6 Å². The molecule has 0 spiro atoms. The number of rotatable bonds is 3. The molecule has 30 heavy (non-hydrogen) atoms. The van der Waals surface area contributed by atoms with Gasteiger partial charge in [0.1, 0.15) is 11.9 Å². The van der Waals surface area contributed by atoms with Crippen LogP contribution in [0.1, 0.15) is 16.1 Å². The Balaban J connectivity index is 1.51. The molecule has 1 amide bonds. The first kappa shape index (κ1) is 20.2. The van der Waals surface area contributed by atoms with Gasteiger partial charge in [0.05, 0.1) is 16.1 Å². The van der Waals surface area contributed by atoms with Gasteiger partial charge in [0.15, 0.2) is 0 Å². The second-order valence-corrected chi connectivity index (χ2v) is 7.51. The summed E-state index contributed by atoms with van der Waals surface area (Å²) in [6.07, 6.45) is 0. The Morgan fingerprint density at radius 1 is 1.13 bits per heavy atom. The van der Waals surface area contributed by atoms with Gasteiger partial charge in [0, 0.05) is 31.2 Å². The van der Waals surface area contributed by atoms with Crippen LogP contribution < -0.4 is 4.90 Å². The van der Waals surface area contributed by atoms with Gasteiger partial charge >= 0.3 is 0 Å².